The van der Waals surface area contributed by atoms with Crippen LogP contribution in [0, 0.1) is 5.92 Å². The van der Waals surface area contributed by atoms with E-state index >= 15 is 0 Å². The highest BCUT2D eigenvalue weighted by Crippen LogP contribution is 2.25. The zero-order valence-electron chi connectivity index (χ0n) is 23.5. The van der Waals surface area contributed by atoms with Crippen LogP contribution in [-0.4, -0.2) is 50.5 Å². The molecular formula is C30H35Cl2N3O5S. The van der Waals surface area contributed by atoms with E-state index < -0.39 is 28.5 Å². The van der Waals surface area contributed by atoms with E-state index in [4.69, 9.17) is 27.9 Å². The van der Waals surface area contributed by atoms with Crippen molar-refractivity contribution < 1.29 is 22.7 Å². The third-order valence-corrected chi connectivity index (χ3v) is 7.99. The predicted molar refractivity (Wildman–Crippen MR) is 164 cm³/mol. The fourth-order valence-electron chi connectivity index (χ4n) is 3.93. The largest absolute Gasteiger partial charge is 0.489 e. The molecule has 0 saturated carbocycles. The van der Waals surface area contributed by atoms with E-state index in [0.717, 1.165) is 16.1 Å². The maximum absolute atomic E-state index is 13.7. The average molecular weight is 621 g/mol. The number of carbonyl (C=O) groups is 2. The molecule has 3 aromatic carbocycles. The molecule has 0 aromatic heterocycles. The summed E-state index contributed by atoms with van der Waals surface area (Å²) in [6.07, 6.45) is 1.03. The zero-order valence-corrected chi connectivity index (χ0v) is 25.8. The molecule has 2 amide bonds. The minimum atomic E-state index is -3.87. The summed E-state index contributed by atoms with van der Waals surface area (Å²) in [5, 5.41) is 3.60. The lowest BCUT2D eigenvalue weighted by Crippen LogP contribution is -2.51. The SMILES string of the molecule is CC(C)CNC(=O)C(C)N(Cc1ccc(Cl)cc1Cl)C(=O)CN(c1ccc(OCc2ccccc2)cc1)S(C)(=O)=O. The van der Waals surface area contributed by atoms with Crippen molar-refractivity contribution in [3.63, 3.8) is 0 Å². The Morgan fingerprint density at radius 3 is 2.20 bits per heavy atom. The van der Waals surface area contributed by atoms with E-state index in [-0.39, 0.29) is 24.1 Å². The van der Waals surface area contributed by atoms with E-state index in [1.165, 1.54) is 4.90 Å². The third-order valence-electron chi connectivity index (χ3n) is 6.26. The number of benzene rings is 3. The van der Waals surface area contributed by atoms with Gasteiger partial charge in [-0.2, -0.15) is 0 Å². The van der Waals surface area contributed by atoms with Crippen LogP contribution in [0.5, 0.6) is 5.75 Å². The molecule has 1 atom stereocenters. The molecule has 1 N–H and O–H groups in total. The maximum atomic E-state index is 13.7. The van der Waals surface area contributed by atoms with Crippen LogP contribution >= 0.6 is 23.2 Å². The monoisotopic (exact) mass is 619 g/mol. The van der Waals surface area contributed by atoms with Crippen LogP contribution in [0.15, 0.2) is 72.8 Å². The minimum absolute atomic E-state index is 0.0189. The second kappa shape index (κ2) is 14.6. The molecule has 0 aliphatic rings. The average Bonchev–Trinajstić information content (AvgIpc) is 2.93. The minimum Gasteiger partial charge on any atom is -0.489 e. The van der Waals surface area contributed by atoms with E-state index in [2.05, 4.69) is 5.32 Å². The van der Waals surface area contributed by atoms with Gasteiger partial charge in [-0.05, 0) is 60.4 Å². The van der Waals surface area contributed by atoms with Gasteiger partial charge >= 0.3 is 0 Å². The van der Waals surface area contributed by atoms with Crippen molar-refractivity contribution in [3.05, 3.63) is 94.0 Å². The van der Waals surface area contributed by atoms with Crippen LogP contribution in [0.2, 0.25) is 10.0 Å². The molecule has 0 fully saturated rings. The van der Waals surface area contributed by atoms with Crippen molar-refractivity contribution in [1.29, 1.82) is 0 Å². The Labute approximate surface area is 252 Å². The molecule has 3 aromatic rings. The Morgan fingerprint density at radius 2 is 1.61 bits per heavy atom. The number of anilines is 1. The van der Waals surface area contributed by atoms with Crippen LogP contribution in [-0.2, 0) is 32.8 Å². The third kappa shape index (κ3) is 9.66. The molecule has 0 saturated heterocycles. The number of carbonyl (C=O) groups excluding carboxylic acids is 2. The molecule has 0 spiro atoms. The molecule has 1 unspecified atom stereocenters. The normalized spacial score (nSPS) is 12.1. The number of nitrogens with one attached hydrogen (secondary N) is 1. The van der Waals surface area contributed by atoms with Crippen molar-refractivity contribution in [2.45, 2.75) is 40.0 Å². The number of rotatable bonds is 13. The molecule has 3 rings (SSSR count). The number of amides is 2. The summed E-state index contributed by atoms with van der Waals surface area (Å²) in [4.78, 5) is 28.0. The number of hydrogen-bond donors (Lipinski definition) is 1. The van der Waals surface area contributed by atoms with Crippen LogP contribution in [0.25, 0.3) is 0 Å². The maximum Gasteiger partial charge on any atom is 0.244 e. The van der Waals surface area contributed by atoms with Gasteiger partial charge in [-0.25, -0.2) is 8.42 Å². The first-order chi connectivity index (χ1) is 19.3. The number of hydrogen-bond acceptors (Lipinski definition) is 5. The van der Waals surface area contributed by atoms with Crippen LogP contribution in [0.3, 0.4) is 0 Å². The highest BCUT2D eigenvalue weighted by Gasteiger charge is 2.30. The molecule has 11 heteroatoms. The molecule has 0 aliphatic heterocycles. The van der Waals surface area contributed by atoms with Crippen molar-refractivity contribution in [2.75, 3.05) is 23.7 Å². The summed E-state index contributed by atoms with van der Waals surface area (Å²) < 4.78 is 32.5. The van der Waals surface area contributed by atoms with E-state index in [1.807, 2.05) is 44.2 Å². The summed E-state index contributed by atoms with van der Waals surface area (Å²) in [7, 11) is -3.87. The first-order valence-electron chi connectivity index (χ1n) is 13.1. The number of ether oxygens (including phenoxy) is 1. The number of nitrogens with zero attached hydrogens (tertiary/aromatic N) is 2. The van der Waals surface area contributed by atoms with E-state index in [0.29, 0.717) is 34.5 Å². The lowest BCUT2D eigenvalue weighted by atomic mass is 10.1. The van der Waals surface area contributed by atoms with Gasteiger partial charge in [0.2, 0.25) is 21.8 Å². The van der Waals surface area contributed by atoms with Gasteiger partial charge in [0.1, 0.15) is 24.9 Å². The molecule has 0 heterocycles. The van der Waals surface area contributed by atoms with Gasteiger partial charge in [0.15, 0.2) is 0 Å². The molecule has 0 bridgehead atoms. The molecule has 0 radical (unpaired) electrons. The smallest absolute Gasteiger partial charge is 0.244 e. The fourth-order valence-corrected chi connectivity index (χ4v) is 5.25. The highest BCUT2D eigenvalue weighted by molar-refractivity contribution is 7.92. The van der Waals surface area contributed by atoms with Gasteiger partial charge in [-0.1, -0.05) is 73.4 Å². The predicted octanol–water partition coefficient (Wildman–Crippen LogP) is 5.53. The van der Waals surface area contributed by atoms with Gasteiger partial charge in [-0.15, -0.1) is 0 Å². The highest BCUT2D eigenvalue weighted by atomic mass is 35.5. The van der Waals surface area contributed by atoms with Crippen LogP contribution in [0.1, 0.15) is 31.9 Å². The summed E-state index contributed by atoms with van der Waals surface area (Å²) >= 11 is 12.4. The van der Waals surface area contributed by atoms with Crippen molar-refractivity contribution >= 4 is 50.7 Å². The first-order valence-corrected chi connectivity index (χ1v) is 15.7. The topological polar surface area (TPSA) is 96.0 Å². The summed E-state index contributed by atoms with van der Waals surface area (Å²) in [6, 6.07) is 20.1. The second-order valence-electron chi connectivity index (χ2n) is 10.1. The number of sulfonamides is 1. The molecule has 8 nitrogen and oxygen atoms in total. The Kier molecular flexibility index (Phi) is 11.5. The molecule has 0 aliphatic carbocycles. The standard InChI is InChI=1S/C30H35Cl2N3O5S/c1-21(2)17-33-30(37)22(3)34(18-24-10-11-25(31)16-28(24)32)29(36)19-35(41(4,38)39)26-12-14-27(15-13-26)40-20-23-8-6-5-7-9-23/h5-16,21-22H,17-20H2,1-4H3,(H,33,37). The number of halogens is 2. The van der Waals surface area contributed by atoms with Gasteiger partial charge in [-0.3, -0.25) is 13.9 Å². The molecular weight excluding hydrogens is 585 g/mol. The summed E-state index contributed by atoms with van der Waals surface area (Å²) in [6.45, 7) is 5.77. The first kappa shape index (κ1) is 32.2. The van der Waals surface area contributed by atoms with Crippen molar-refractivity contribution in [2.24, 2.45) is 5.92 Å². The van der Waals surface area contributed by atoms with Crippen molar-refractivity contribution in [3.8, 4) is 5.75 Å². The van der Waals surface area contributed by atoms with E-state index in [1.54, 1.807) is 49.4 Å². The lowest BCUT2D eigenvalue weighted by molar-refractivity contribution is -0.139. The van der Waals surface area contributed by atoms with Gasteiger partial charge in [0, 0.05) is 23.1 Å². The molecule has 220 valence electrons. The van der Waals surface area contributed by atoms with Crippen LogP contribution < -0.4 is 14.4 Å². The Morgan fingerprint density at radius 1 is 0.951 bits per heavy atom. The Hall–Kier alpha value is -3.27. The summed E-state index contributed by atoms with van der Waals surface area (Å²) in [5.41, 5.74) is 1.85. The van der Waals surface area contributed by atoms with Gasteiger partial charge in [0.25, 0.3) is 0 Å². The lowest BCUT2D eigenvalue weighted by Gasteiger charge is -2.32. The Balaban J connectivity index is 1.83. The van der Waals surface area contributed by atoms with Crippen molar-refractivity contribution in [1.82, 2.24) is 10.2 Å². The van der Waals surface area contributed by atoms with Gasteiger partial charge in [0.05, 0.1) is 11.9 Å². The summed E-state index contributed by atoms with van der Waals surface area (Å²) in [5.74, 6) is -0.172. The zero-order chi connectivity index (χ0) is 30.2. The van der Waals surface area contributed by atoms with E-state index in [9.17, 15) is 18.0 Å². The van der Waals surface area contributed by atoms with Gasteiger partial charge < -0.3 is 15.0 Å². The fraction of sp³-hybridized carbons (Fsp3) is 0.333. The second-order valence-corrected chi connectivity index (χ2v) is 12.9. The molecule has 41 heavy (non-hydrogen) atoms. The quantitative estimate of drug-likeness (QED) is 0.271. The Bertz CT molecular complexity index is 1430. The van der Waals surface area contributed by atoms with Crippen LogP contribution in [0.4, 0.5) is 5.69 Å².